The molecule has 1 aliphatic heterocycles. The van der Waals surface area contributed by atoms with Crippen LogP contribution in [0, 0.1) is 23.4 Å². The number of benzene rings is 1. The van der Waals surface area contributed by atoms with Gasteiger partial charge in [0.25, 0.3) is 5.91 Å². The van der Waals surface area contributed by atoms with Gasteiger partial charge in [0, 0.05) is 6.42 Å². The average molecular weight is 379 g/mol. The van der Waals surface area contributed by atoms with Gasteiger partial charge in [-0.15, -0.1) is 0 Å². The van der Waals surface area contributed by atoms with E-state index < -0.39 is 51.0 Å². The summed E-state index contributed by atoms with van der Waals surface area (Å²) in [6.07, 6.45) is -1.13. The molecule has 2 rings (SSSR count). The van der Waals surface area contributed by atoms with E-state index >= 15 is 0 Å². The lowest BCUT2D eigenvalue weighted by molar-refractivity contribution is -0.153. The van der Waals surface area contributed by atoms with Crippen LogP contribution < -0.4 is 5.32 Å². The fraction of sp³-hybridized carbons (Fsp3) is 0.467. The number of sulfone groups is 1. The van der Waals surface area contributed by atoms with Gasteiger partial charge in [-0.05, 0) is 31.4 Å². The first kappa shape index (κ1) is 19.2. The molecule has 1 fully saturated rings. The number of esters is 1. The fourth-order valence-electron chi connectivity index (χ4n) is 2.42. The number of amides is 1. The van der Waals surface area contributed by atoms with Crippen LogP contribution in [0.5, 0.6) is 0 Å². The Morgan fingerprint density at radius 3 is 2.56 bits per heavy atom. The number of nitrogens with one attached hydrogen (secondary N) is 1. The molecule has 1 N–H and O–H groups in total. The molecule has 0 saturated carbocycles. The van der Waals surface area contributed by atoms with E-state index in [-0.39, 0.29) is 23.8 Å². The normalized spacial score (nSPS) is 20.1. The second kappa shape index (κ2) is 7.42. The largest absolute Gasteiger partial charge is 0.453 e. The van der Waals surface area contributed by atoms with E-state index in [1.54, 1.807) is 0 Å². The van der Waals surface area contributed by atoms with Crippen molar-refractivity contribution < 1.29 is 35.9 Å². The van der Waals surface area contributed by atoms with Crippen molar-refractivity contribution in [2.45, 2.75) is 25.9 Å². The Labute approximate surface area is 142 Å². The average Bonchev–Trinajstić information content (AvgIpc) is 2.86. The topological polar surface area (TPSA) is 89.5 Å². The van der Waals surface area contributed by atoms with Crippen LogP contribution in [-0.4, -0.2) is 37.9 Å². The Bertz CT molecular complexity index is 797. The molecule has 1 amide bonds. The van der Waals surface area contributed by atoms with Gasteiger partial charge in [0.1, 0.15) is 0 Å². The third-order valence-electron chi connectivity index (χ3n) is 3.75. The molecule has 1 aromatic carbocycles. The highest BCUT2D eigenvalue weighted by Gasteiger charge is 2.31. The van der Waals surface area contributed by atoms with Crippen LogP contribution in [0.4, 0.5) is 18.9 Å². The summed E-state index contributed by atoms with van der Waals surface area (Å²) in [7, 11) is -3.13. The van der Waals surface area contributed by atoms with E-state index in [9.17, 15) is 31.2 Å². The van der Waals surface area contributed by atoms with Gasteiger partial charge in [0.05, 0.1) is 17.2 Å². The van der Waals surface area contributed by atoms with Crippen molar-refractivity contribution in [2.75, 3.05) is 16.8 Å². The second-order valence-corrected chi connectivity index (χ2v) is 8.05. The van der Waals surface area contributed by atoms with Gasteiger partial charge in [-0.1, -0.05) is 0 Å². The van der Waals surface area contributed by atoms with Gasteiger partial charge < -0.3 is 10.1 Å². The summed E-state index contributed by atoms with van der Waals surface area (Å²) in [5, 5.41) is 2.00. The Morgan fingerprint density at radius 1 is 1.28 bits per heavy atom. The van der Waals surface area contributed by atoms with E-state index in [1.165, 1.54) is 6.92 Å². The van der Waals surface area contributed by atoms with Crippen LogP contribution in [0.3, 0.4) is 0 Å². The monoisotopic (exact) mass is 379 g/mol. The van der Waals surface area contributed by atoms with Gasteiger partial charge in [-0.2, -0.15) is 0 Å². The lowest BCUT2D eigenvalue weighted by Crippen LogP contribution is -2.31. The smallest absolute Gasteiger partial charge is 0.306 e. The minimum Gasteiger partial charge on any atom is -0.453 e. The van der Waals surface area contributed by atoms with Gasteiger partial charge in [-0.25, -0.2) is 21.6 Å². The van der Waals surface area contributed by atoms with Crippen molar-refractivity contribution in [3.05, 3.63) is 29.6 Å². The first-order valence-electron chi connectivity index (χ1n) is 7.43. The number of anilines is 1. The molecule has 2 atom stereocenters. The molecule has 0 aromatic heterocycles. The van der Waals surface area contributed by atoms with Gasteiger partial charge in [-0.3, -0.25) is 9.59 Å². The van der Waals surface area contributed by atoms with Crippen molar-refractivity contribution in [1.82, 2.24) is 0 Å². The molecule has 0 radical (unpaired) electrons. The Kier molecular flexibility index (Phi) is 5.71. The van der Waals surface area contributed by atoms with E-state index in [1.807, 2.05) is 5.32 Å². The summed E-state index contributed by atoms with van der Waals surface area (Å²) in [6, 6.07) is 1.48. The van der Waals surface area contributed by atoms with Crippen LogP contribution in [0.25, 0.3) is 0 Å². The molecule has 1 heterocycles. The molecule has 1 aliphatic rings. The van der Waals surface area contributed by atoms with Crippen LogP contribution in [0.2, 0.25) is 0 Å². The minimum atomic E-state index is -3.13. The van der Waals surface area contributed by atoms with Gasteiger partial charge in [0.2, 0.25) is 0 Å². The third kappa shape index (κ3) is 4.94. The molecule has 1 aromatic rings. The van der Waals surface area contributed by atoms with E-state index in [0.717, 1.165) is 6.07 Å². The first-order valence-corrected chi connectivity index (χ1v) is 9.25. The number of ether oxygens (including phenoxy) is 1. The summed E-state index contributed by atoms with van der Waals surface area (Å²) in [5.41, 5.74) is -0.589. The van der Waals surface area contributed by atoms with Crippen LogP contribution in [0.1, 0.15) is 19.8 Å². The van der Waals surface area contributed by atoms with Crippen LogP contribution >= 0.6 is 0 Å². The number of rotatable bonds is 5. The lowest BCUT2D eigenvalue weighted by atomic mass is 10.1. The van der Waals surface area contributed by atoms with Crippen molar-refractivity contribution >= 4 is 27.4 Å². The quantitative estimate of drug-likeness (QED) is 0.622. The van der Waals surface area contributed by atoms with Crippen molar-refractivity contribution in [2.24, 2.45) is 5.92 Å². The number of carbonyl (C=O) groups is 2. The molecule has 0 unspecified atom stereocenters. The molecule has 1 saturated heterocycles. The SMILES string of the molecule is C[C@@H](OC(=O)C[C@@H]1CCS(=O)(=O)C1)C(=O)Nc1ccc(F)c(F)c1F. The number of hydrogen-bond donors (Lipinski definition) is 1. The Hall–Kier alpha value is -2.10. The van der Waals surface area contributed by atoms with E-state index in [0.29, 0.717) is 12.5 Å². The Morgan fingerprint density at radius 2 is 1.96 bits per heavy atom. The number of halogens is 3. The highest BCUT2D eigenvalue weighted by Crippen LogP contribution is 2.23. The zero-order valence-electron chi connectivity index (χ0n) is 13.2. The molecule has 25 heavy (non-hydrogen) atoms. The summed E-state index contributed by atoms with van der Waals surface area (Å²) < 4.78 is 67.0. The lowest BCUT2D eigenvalue weighted by Gasteiger charge is -2.15. The van der Waals surface area contributed by atoms with Crippen LogP contribution in [0.15, 0.2) is 12.1 Å². The third-order valence-corrected chi connectivity index (χ3v) is 5.59. The standard InChI is InChI=1S/C15H16F3NO5S/c1-8(24-12(20)6-9-4-5-25(22,23)7-9)15(21)19-11-3-2-10(16)13(17)14(11)18/h2-3,8-9H,4-7H2,1H3,(H,19,21)/t8-,9+/m1/s1. The minimum absolute atomic E-state index is 0.0103. The maximum atomic E-state index is 13.5. The molecule has 6 nitrogen and oxygen atoms in total. The number of hydrogen-bond acceptors (Lipinski definition) is 5. The predicted molar refractivity (Wildman–Crippen MR) is 81.9 cm³/mol. The summed E-state index contributed by atoms with van der Waals surface area (Å²) >= 11 is 0. The van der Waals surface area contributed by atoms with E-state index in [4.69, 9.17) is 4.74 Å². The molecule has 138 valence electrons. The molecule has 10 heteroatoms. The molecular formula is C15H16F3NO5S. The van der Waals surface area contributed by atoms with Crippen molar-refractivity contribution in [3.8, 4) is 0 Å². The van der Waals surface area contributed by atoms with E-state index in [2.05, 4.69) is 0 Å². The summed E-state index contributed by atoms with van der Waals surface area (Å²) in [6.45, 7) is 1.22. The molecule has 0 aliphatic carbocycles. The molecule has 0 bridgehead atoms. The highest BCUT2D eigenvalue weighted by atomic mass is 32.2. The highest BCUT2D eigenvalue weighted by molar-refractivity contribution is 7.91. The zero-order valence-corrected chi connectivity index (χ0v) is 14.0. The second-order valence-electron chi connectivity index (χ2n) is 5.82. The van der Waals surface area contributed by atoms with Crippen molar-refractivity contribution in [1.29, 1.82) is 0 Å². The Balaban J connectivity index is 1.90. The molecule has 0 spiro atoms. The predicted octanol–water partition coefficient (Wildman–Crippen LogP) is 1.80. The zero-order chi connectivity index (χ0) is 18.8. The number of carbonyl (C=O) groups excluding carboxylic acids is 2. The summed E-state index contributed by atoms with van der Waals surface area (Å²) in [5.74, 6) is -6.86. The van der Waals surface area contributed by atoms with Gasteiger partial charge >= 0.3 is 5.97 Å². The fourth-order valence-corrected chi connectivity index (χ4v) is 4.29. The van der Waals surface area contributed by atoms with Crippen molar-refractivity contribution in [3.63, 3.8) is 0 Å². The van der Waals surface area contributed by atoms with Crippen LogP contribution in [-0.2, 0) is 24.2 Å². The molecular weight excluding hydrogens is 363 g/mol. The summed E-state index contributed by atoms with van der Waals surface area (Å²) in [4.78, 5) is 23.6. The maximum absolute atomic E-state index is 13.5. The maximum Gasteiger partial charge on any atom is 0.306 e. The van der Waals surface area contributed by atoms with Gasteiger partial charge in [0.15, 0.2) is 33.4 Å². The first-order chi connectivity index (χ1) is 11.6.